The van der Waals surface area contributed by atoms with Crippen molar-refractivity contribution in [2.24, 2.45) is 12.8 Å². The van der Waals surface area contributed by atoms with Gasteiger partial charge in [-0.15, -0.1) is 10.2 Å². The Bertz CT molecular complexity index is 1110. The third-order valence-electron chi connectivity index (χ3n) is 5.20. The Hall–Kier alpha value is -3.07. The maximum absolute atomic E-state index is 12.7. The number of anilines is 1. The fourth-order valence-corrected chi connectivity index (χ4v) is 3.69. The van der Waals surface area contributed by atoms with E-state index < -0.39 is 5.56 Å². The van der Waals surface area contributed by atoms with E-state index in [9.17, 15) is 9.59 Å². The standard InChI is InChI=1S/C19H23N7O2/c1-25-18(27)15-17(26(19(25)28)14-4-2-3-5-14)24-23-16(22-15)12-6-8-13(9-7-12)21-11-10-20/h6-9,14,21H,2-5,10-11,20H2,1H3. The molecule has 1 fully saturated rings. The van der Waals surface area contributed by atoms with Gasteiger partial charge in [0.15, 0.2) is 17.0 Å². The fraction of sp³-hybridized carbons (Fsp3) is 0.421. The van der Waals surface area contributed by atoms with Gasteiger partial charge in [-0.3, -0.25) is 13.9 Å². The zero-order valence-electron chi connectivity index (χ0n) is 15.8. The minimum absolute atomic E-state index is 0.0386. The average molecular weight is 381 g/mol. The third-order valence-corrected chi connectivity index (χ3v) is 5.20. The van der Waals surface area contributed by atoms with Crippen molar-refractivity contribution in [3.05, 3.63) is 45.1 Å². The Kier molecular flexibility index (Phi) is 4.91. The number of benzene rings is 1. The zero-order chi connectivity index (χ0) is 19.7. The van der Waals surface area contributed by atoms with Crippen molar-refractivity contribution in [1.29, 1.82) is 0 Å². The molecule has 0 spiro atoms. The Morgan fingerprint density at radius 1 is 1.14 bits per heavy atom. The van der Waals surface area contributed by atoms with Gasteiger partial charge in [0.2, 0.25) is 0 Å². The van der Waals surface area contributed by atoms with E-state index in [2.05, 4.69) is 20.5 Å². The second kappa shape index (κ2) is 7.51. The largest absolute Gasteiger partial charge is 0.384 e. The fourth-order valence-electron chi connectivity index (χ4n) is 3.69. The molecule has 0 bridgehead atoms. The van der Waals surface area contributed by atoms with Gasteiger partial charge in [-0.25, -0.2) is 9.78 Å². The first-order valence-electron chi connectivity index (χ1n) is 9.50. The molecule has 0 atom stereocenters. The lowest BCUT2D eigenvalue weighted by Gasteiger charge is -2.16. The molecule has 0 amide bonds. The van der Waals surface area contributed by atoms with E-state index in [-0.39, 0.29) is 22.9 Å². The molecule has 1 aromatic carbocycles. The van der Waals surface area contributed by atoms with Gasteiger partial charge < -0.3 is 11.1 Å². The van der Waals surface area contributed by atoms with Crippen molar-refractivity contribution in [3.8, 4) is 11.4 Å². The molecule has 2 heterocycles. The first-order chi connectivity index (χ1) is 13.6. The monoisotopic (exact) mass is 381 g/mol. The van der Waals surface area contributed by atoms with E-state index in [1.807, 2.05) is 24.3 Å². The van der Waals surface area contributed by atoms with Crippen LogP contribution in [0.25, 0.3) is 22.6 Å². The third kappa shape index (κ3) is 3.18. The van der Waals surface area contributed by atoms with E-state index in [4.69, 9.17) is 5.73 Å². The van der Waals surface area contributed by atoms with Gasteiger partial charge in [-0.1, -0.05) is 12.8 Å². The Labute approximate surface area is 161 Å². The van der Waals surface area contributed by atoms with Crippen LogP contribution >= 0.6 is 0 Å². The normalized spacial score (nSPS) is 14.6. The SMILES string of the molecule is Cn1c(=O)c2nc(-c3ccc(NCCN)cc3)nnc2n(C2CCCC2)c1=O. The summed E-state index contributed by atoms with van der Waals surface area (Å²) >= 11 is 0. The molecule has 2 aromatic heterocycles. The van der Waals surface area contributed by atoms with E-state index >= 15 is 0 Å². The molecule has 9 heteroatoms. The van der Waals surface area contributed by atoms with Gasteiger partial charge in [0, 0.05) is 37.4 Å². The van der Waals surface area contributed by atoms with Crippen molar-refractivity contribution >= 4 is 16.9 Å². The molecule has 1 aliphatic carbocycles. The molecule has 4 rings (SSSR count). The summed E-state index contributed by atoms with van der Waals surface area (Å²) in [5.74, 6) is 0.353. The molecule has 3 aromatic rings. The molecule has 0 unspecified atom stereocenters. The molecule has 146 valence electrons. The number of hydrogen-bond acceptors (Lipinski definition) is 7. The summed E-state index contributed by atoms with van der Waals surface area (Å²) < 4.78 is 2.70. The predicted molar refractivity (Wildman–Crippen MR) is 107 cm³/mol. The van der Waals surface area contributed by atoms with Gasteiger partial charge in [-0.05, 0) is 37.1 Å². The second-order valence-corrected chi connectivity index (χ2v) is 7.06. The highest BCUT2D eigenvalue weighted by molar-refractivity contribution is 5.71. The first kappa shape index (κ1) is 18.3. The highest BCUT2D eigenvalue weighted by atomic mass is 16.2. The van der Waals surface area contributed by atoms with Crippen LogP contribution in [-0.2, 0) is 7.05 Å². The minimum Gasteiger partial charge on any atom is -0.384 e. The van der Waals surface area contributed by atoms with Gasteiger partial charge in [0.1, 0.15) is 0 Å². The van der Waals surface area contributed by atoms with E-state index in [0.717, 1.165) is 41.5 Å². The Balaban J connectivity index is 1.81. The molecule has 28 heavy (non-hydrogen) atoms. The lowest BCUT2D eigenvalue weighted by atomic mass is 10.2. The van der Waals surface area contributed by atoms with E-state index in [1.54, 1.807) is 4.57 Å². The molecule has 3 N–H and O–H groups in total. The lowest BCUT2D eigenvalue weighted by molar-refractivity contribution is 0.486. The van der Waals surface area contributed by atoms with Gasteiger partial charge >= 0.3 is 5.69 Å². The number of hydrogen-bond donors (Lipinski definition) is 2. The molecule has 1 aliphatic rings. The second-order valence-electron chi connectivity index (χ2n) is 7.06. The van der Waals surface area contributed by atoms with Crippen LogP contribution in [-0.4, -0.2) is 37.4 Å². The van der Waals surface area contributed by atoms with E-state index in [0.29, 0.717) is 18.9 Å². The minimum atomic E-state index is -0.452. The van der Waals surface area contributed by atoms with Gasteiger partial charge in [-0.2, -0.15) is 0 Å². The summed E-state index contributed by atoms with van der Waals surface area (Å²) in [6, 6.07) is 7.56. The molecule has 0 aliphatic heterocycles. The zero-order valence-corrected chi connectivity index (χ0v) is 15.8. The van der Waals surface area contributed by atoms with Crippen LogP contribution in [0, 0.1) is 0 Å². The molecule has 0 radical (unpaired) electrons. The Morgan fingerprint density at radius 3 is 2.54 bits per heavy atom. The number of nitrogens with one attached hydrogen (secondary N) is 1. The molecule has 0 saturated heterocycles. The van der Waals surface area contributed by atoms with Crippen LogP contribution in [0.15, 0.2) is 33.9 Å². The topological polar surface area (TPSA) is 121 Å². The van der Waals surface area contributed by atoms with Crippen LogP contribution < -0.4 is 22.3 Å². The van der Waals surface area contributed by atoms with Crippen LogP contribution in [0.3, 0.4) is 0 Å². The van der Waals surface area contributed by atoms with E-state index in [1.165, 1.54) is 7.05 Å². The quantitative estimate of drug-likeness (QED) is 0.677. The van der Waals surface area contributed by atoms with Crippen molar-refractivity contribution in [2.45, 2.75) is 31.7 Å². The average Bonchev–Trinajstić information content (AvgIpc) is 3.25. The van der Waals surface area contributed by atoms with Crippen LogP contribution in [0.4, 0.5) is 5.69 Å². The molecular weight excluding hydrogens is 358 g/mol. The number of aromatic nitrogens is 5. The van der Waals surface area contributed by atoms with Crippen LogP contribution in [0.5, 0.6) is 0 Å². The summed E-state index contributed by atoms with van der Waals surface area (Å²) in [5.41, 5.74) is 6.81. The smallest absolute Gasteiger partial charge is 0.332 e. The van der Waals surface area contributed by atoms with Gasteiger partial charge in [0.25, 0.3) is 5.56 Å². The van der Waals surface area contributed by atoms with Crippen molar-refractivity contribution < 1.29 is 0 Å². The van der Waals surface area contributed by atoms with Crippen molar-refractivity contribution in [2.75, 3.05) is 18.4 Å². The summed E-state index contributed by atoms with van der Waals surface area (Å²) in [6.45, 7) is 1.23. The number of nitrogens with zero attached hydrogens (tertiary/aromatic N) is 5. The Morgan fingerprint density at radius 2 is 1.86 bits per heavy atom. The summed E-state index contributed by atoms with van der Waals surface area (Å²) in [7, 11) is 1.48. The maximum atomic E-state index is 12.7. The molecule has 9 nitrogen and oxygen atoms in total. The summed E-state index contributed by atoms with van der Waals surface area (Å²) in [5, 5.41) is 11.6. The first-order valence-corrected chi connectivity index (χ1v) is 9.50. The number of nitrogens with two attached hydrogens (primary N) is 1. The van der Waals surface area contributed by atoms with Crippen molar-refractivity contribution in [3.63, 3.8) is 0 Å². The summed E-state index contributed by atoms with van der Waals surface area (Å²) in [6.07, 6.45) is 3.91. The molecular formula is C19H23N7O2. The highest BCUT2D eigenvalue weighted by Gasteiger charge is 2.24. The van der Waals surface area contributed by atoms with Crippen molar-refractivity contribution in [1.82, 2.24) is 24.3 Å². The van der Waals surface area contributed by atoms with Crippen LogP contribution in [0.2, 0.25) is 0 Å². The lowest BCUT2D eigenvalue weighted by Crippen LogP contribution is -2.40. The van der Waals surface area contributed by atoms with Gasteiger partial charge in [0.05, 0.1) is 0 Å². The molecule has 1 saturated carbocycles. The summed E-state index contributed by atoms with van der Waals surface area (Å²) in [4.78, 5) is 29.8. The predicted octanol–water partition coefficient (Wildman–Crippen LogP) is 1.04. The number of fused-ring (bicyclic) bond motifs is 1. The highest BCUT2D eigenvalue weighted by Crippen LogP contribution is 2.29. The number of rotatable bonds is 5. The maximum Gasteiger partial charge on any atom is 0.332 e. The van der Waals surface area contributed by atoms with Crippen LogP contribution in [0.1, 0.15) is 31.7 Å².